The second-order valence-corrected chi connectivity index (χ2v) is 1.94. The first kappa shape index (κ1) is 6.02. The molecule has 0 aliphatic carbocycles. The molecule has 0 saturated heterocycles. The number of hydrogen-bond acceptors (Lipinski definition) is 3. The Bertz CT molecular complexity index is 162. The zero-order valence-corrected chi connectivity index (χ0v) is 4.76. The molecule has 1 unspecified atom stereocenters. The maximum absolute atomic E-state index is 12.0. The fourth-order valence-electron chi connectivity index (χ4n) is 0.595. The summed E-state index contributed by atoms with van der Waals surface area (Å²) >= 11 is 0. The van der Waals surface area contributed by atoms with Crippen LogP contribution in [0.3, 0.4) is 0 Å². The van der Waals surface area contributed by atoms with Crippen LogP contribution < -0.4 is 5.32 Å². The van der Waals surface area contributed by atoms with E-state index in [1.807, 2.05) is 6.07 Å². The molecule has 0 amide bonds. The van der Waals surface area contributed by atoms with Crippen molar-refractivity contribution in [1.82, 2.24) is 5.32 Å². The molecule has 0 aromatic carbocycles. The standard InChI is InChI=1S/C5H6FN3/c6-1-5(2-7)3-8-4-9-5/h4H,1,3H2,(H,8,9). The maximum Gasteiger partial charge on any atom is 0.174 e. The molecule has 0 fully saturated rings. The summed E-state index contributed by atoms with van der Waals surface area (Å²) in [5.74, 6) is 0. The second-order valence-electron chi connectivity index (χ2n) is 1.94. The molecule has 1 aliphatic rings. The number of hydrogen-bond donors (Lipinski definition) is 1. The van der Waals surface area contributed by atoms with Crippen molar-refractivity contribution in [1.29, 1.82) is 5.26 Å². The maximum atomic E-state index is 12.0. The van der Waals surface area contributed by atoms with Gasteiger partial charge in [0.1, 0.15) is 6.67 Å². The van der Waals surface area contributed by atoms with Gasteiger partial charge in [0.15, 0.2) is 5.54 Å². The van der Waals surface area contributed by atoms with Gasteiger partial charge in [0, 0.05) is 0 Å². The van der Waals surface area contributed by atoms with E-state index in [-0.39, 0.29) is 6.54 Å². The highest BCUT2D eigenvalue weighted by atomic mass is 19.1. The van der Waals surface area contributed by atoms with Gasteiger partial charge in [-0.3, -0.25) is 4.99 Å². The van der Waals surface area contributed by atoms with Crippen LogP contribution in [0.25, 0.3) is 0 Å². The van der Waals surface area contributed by atoms with Crippen LogP contribution in [-0.2, 0) is 0 Å². The summed E-state index contributed by atoms with van der Waals surface area (Å²) in [6, 6.07) is 1.82. The first-order valence-corrected chi connectivity index (χ1v) is 2.56. The third kappa shape index (κ3) is 0.854. The van der Waals surface area contributed by atoms with Crippen LogP contribution in [0, 0.1) is 11.3 Å². The van der Waals surface area contributed by atoms with Gasteiger partial charge in [-0.15, -0.1) is 0 Å². The molecule has 0 bridgehead atoms. The lowest BCUT2D eigenvalue weighted by Gasteiger charge is -2.13. The van der Waals surface area contributed by atoms with Crippen molar-refractivity contribution in [3.8, 4) is 6.07 Å². The number of rotatable bonds is 1. The third-order valence-electron chi connectivity index (χ3n) is 1.24. The summed E-state index contributed by atoms with van der Waals surface area (Å²) in [4.78, 5) is 3.68. The molecule has 4 heteroatoms. The summed E-state index contributed by atoms with van der Waals surface area (Å²) in [5, 5.41) is 10.9. The molecular formula is C5H6FN3. The van der Waals surface area contributed by atoms with E-state index < -0.39 is 12.2 Å². The van der Waals surface area contributed by atoms with Crippen molar-refractivity contribution < 1.29 is 4.39 Å². The zero-order chi connectivity index (χ0) is 6.74. The fourth-order valence-corrected chi connectivity index (χ4v) is 0.595. The van der Waals surface area contributed by atoms with Crippen LogP contribution in [0.1, 0.15) is 0 Å². The SMILES string of the molecule is N#CC1(CF)CN=CN1. The molecule has 1 heterocycles. The van der Waals surface area contributed by atoms with Crippen molar-refractivity contribution >= 4 is 6.34 Å². The molecule has 0 aromatic heterocycles. The minimum Gasteiger partial charge on any atom is -0.355 e. The Morgan fingerprint density at radius 2 is 2.78 bits per heavy atom. The summed E-state index contributed by atoms with van der Waals surface area (Å²) in [7, 11) is 0. The van der Waals surface area contributed by atoms with Crippen molar-refractivity contribution in [3.05, 3.63) is 0 Å². The van der Waals surface area contributed by atoms with Crippen molar-refractivity contribution in [3.63, 3.8) is 0 Å². The van der Waals surface area contributed by atoms with Gasteiger partial charge in [-0.2, -0.15) is 5.26 Å². The van der Waals surface area contributed by atoms with Gasteiger partial charge in [-0.1, -0.05) is 0 Å². The Kier molecular flexibility index (Phi) is 1.35. The lowest BCUT2D eigenvalue weighted by molar-refractivity contribution is 0.363. The predicted octanol–water partition coefficient (Wildman–Crippen LogP) is -0.150. The minimum atomic E-state index is -1.06. The van der Waals surface area contributed by atoms with E-state index in [2.05, 4.69) is 10.3 Å². The van der Waals surface area contributed by atoms with Gasteiger partial charge < -0.3 is 5.32 Å². The summed E-state index contributed by atoms with van der Waals surface area (Å²) < 4.78 is 12.0. The van der Waals surface area contributed by atoms with E-state index in [4.69, 9.17) is 5.26 Å². The van der Waals surface area contributed by atoms with Gasteiger partial charge in [0.2, 0.25) is 0 Å². The Morgan fingerprint density at radius 1 is 2.00 bits per heavy atom. The highest BCUT2D eigenvalue weighted by Crippen LogP contribution is 2.07. The number of halogens is 1. The van der Waals surface area contributed by atoms with Crippen LogP contribution in [0.4, 0.5) is 4.39 Å². The molecule has 9 heavy (non-hydrogen) atoms. The number of nitrogens with one attached hydrogen (secondary N) is 1. The molecule has 0 radical (unpaired) electrons. The molecule has 1 N–H and O–H groups in total. The normalized spacial score (nSPS) is 31.6. The van der Waals surface area contributed by atoms with Gasteiger partial charge in [0.25, 0.3) is 0 Å². The van der Waals surface area contributed by atoms with Crippen LogP contribution in [0.5, 0.6) is 0 Å². The van der Waals surface area contributed by atoms with E-state index in [9.17, 15) is 4.39 Å². The van der Waals surface area contributed by atoms with E-state index in [0.29, 0.717) is 0 Å². The smallest absolute Gasteiger partial charge is 0.174 e. The molecule has 0 saturated carbocycles. The topological polar surface area (TPSA) is 48.2 Å². The van der Waals surface area contributed by atoms with Crippen molar-refractivity contribution in [2.24, 2.45) is 4.99 Å². The second kappa shape index (κ2) is 2.02. The Hall–Kier alpha value is -1.11. The summed E-state index contributed by atoms with van der Waals surface area (Å²) in [6.07, 6.45) is 1.36. The largest absolute Gasteiger partial charge is 0.355 e. The summed E-state index contributed by atoms with van der Waals surface area (Å²) in [6.45, 7) is -0.469. The highest BCUT2D eigenvalue weighted by Gasteiger charge is 2.31. The van der Waals surface area contributed by atoms with E-state index in [1.165, 1.54) is 6.34 Å². The van der Waals surface area contributed by atoms with E-state index in [0.717, 1.165) is 0 Å². The zero-order valence-electron chi connectivity index (χ0n) is 4.76. The number of nitriles is 1. The van der Waals surface area contributed by atoms with Gasteiger partial charge in [-0.05, 0) is 0 Å². The Labute approximate surface area is 52.2 Å². The molecule has 1 atom stereocenters. The van der Waals surface area contributed by atoms with Crippen LogP contribution >= 0.6 is 0 Å². The van der Waals surface area contributed by atoms with Crippen LogP contribution in [0.15, 0.2) is 4.99 Å². The van der Waals surface area contributed by atoms with Crippen molar-refractivity contribution in [2.75, 3.05) is 13.2 Å². The lowest BCUT2D eigenvalue weighted by Crippen LogP contribution is -2.43. The van der Waals surface area contributed by atoms with E-state index in [1.54, 1.807) is 0 Å². The first-order chi connectivity index (χ1) is 4.33. The molecular weight excluding hydrogens is 121 g/mol. The van der Waals surface area contributed by atoms with Gasteiger partial charge >= 0.3 is 0 Å². The van der Waals surface area contributed by atoms with Gasteiger partial charge in [-0.25, -0.2) is 4.39 Å². The van der Waals surface area contributed by atoms with E-state index >= 15 is 0 Å². The van der Waals surface area contributed by atoms with Crippen LogP contribution in [-0.4, -0.2) is 25.1 Å². The average molecular weight is 127 g/mol. The third-order valence-corrected chi connectivity index (χ3v) is 1.24. The molecule has 1 aliphatic heterocycles. The van der Waals surface area contributed by atoms with Gasteiger partial charge in [0.05, 0.1) is 19.0 Å². The minimum absolute atomic E-state index is 0.222. The number of nitrogens with zero attached hydrogens (tertiary/aromatic N) is 2. The fraction of sp³-hybridized carbons (Fsp3) is 0.600. The monoisotopic (exact) mass is 127 g/mol. The molecule has 1 rings (SSSR count). The number of alkyl halides is 1. The average Bonchev–Trinajstić information content (AvgIpc) is 2.36. The first-order valence-electron chi connectivity index (χ1n) is 2.56. The van der Waals surface area contributed by atoms with Crippen molar-refractivity contribution in [2.45, 2.75) is 5.54 Å². The number of aliphatic imine (C=N–C) groups is 1. The van der Waals surface area contributed by atoms with Crippen LogP contribution in [0.2, 0.25) is 0 Å². The summed E-state index contributed by atoms with van der Waals surface area (Å²) in [5.41, 5.74) is -1.06. The highest BCUT2D eigenvalue weighted by molar-refractivity contribution is 5.60. The lowest BCUT2D eigenvalue weighted by atomic mass is 10.1. The quantitative estimate of drug-likeness (QED) is 0.532. The molecule has 0 aromatic rings. The molecule has 48 valence electrons. The molecule has 3 nitrogen and oxygen atoms in total. The Morgan fingerprint density at radius 3 is 3.00 bits per heavy atom. The molecule has 0 spiro atoms. The Balaban J connectivity index is 2.64. The predicted molar refractivity (Wildman–Crippen MR) is 30.8 cm³/mol.